The lowest BCUT2D eigenvalue weighted by Gasteiger charge is -2.24. The van der Waals surface area contributed by atoms with Gasteiger partial charge in [-0.25, -0.2) is 0 Å². The van der Waals surface area contributed by atoms with Gasteiger partial charge in [-0.15, -0.1) is 0 Å². The third kappa shape index (κ3) is 6.14. The van der Waals surface area contributed by atoms with Crippen molar-refractivity contribution in [1.82, 2.24) is 5.32 Å². The molecule has 26 heavy (non-hydrogen) atoms. The fourth-order valence-corrected chi connectivity index (χ4v) is 3.14. The highest BCUT2D eigenvalue weighted by molar-refractivity contribution is 6.05. The summed E-state index contributed by atoms with van der Waals surface area (Å²) >= 11 is 0. The van der Waals surface area contributed by atoms with E-state index in [0.29, 0.717) is 5.92 Å². The Balaban J connectivity index is 0.000000615. The number of hydrogen-bond donors (Lipinski definition) is 1. The smallest absolute Gasteiger partial charge is 0.119 e. The minimum Gasteiger partial charge on any atom is -0.497 e. The first kappa shape index (κ1) is 22.2. The predicted molar refractivity (Wildman–Crippen MR) is 116 cm³/mol. The first-order valence-electron chi connectivity index (χ1n) is 9.99. The number of methoxy groups -OCH3 is 1. The van der Waals surface area contributed by atoms with E-state index in [1.165, 1.54) is 41.3 Å². The zero-order chi connectivity index (χ0) is 19.4. The molecule has 1 atom stereocenters. The van der Waals surface area contributed by atoms with Crippen molar-refractivity contribution in [3.8, 4) is 5.75 Å². The minimum atomic E-state index is 0.527. The van der Waals surface area contributed by atoms with E-state index < -0.39 is 0 Å². The van der Waals surface area contributed by atoms with Crippen LogP contribution < -0.4 is 10.1 Å². The summed E-state index contributed by atoms with van der Waals surface area (Å²) in [6.07, 6.45) is 3.70. The Hall–Kier alpha value is -1.87. The van der Waals surface area contributed by atoms with Gasteiger partial charge >= 0.3 is 0 Å². The second-order valence-electron chi connectivity index (χ2n) is 6.29. The molecule has 1 fully saturated rings. The molecule has 0 amide bonds. The lowest BCUT2D eigenvalue weighted by atomic mass is 9.89. The number of nitrogens with zero attached hydrogens (tertiary/aromatic N) is 1. The highest BCUT2D eigenvalue weighted by atomic mass is 16.5. The molecule has 3 nitrogen and oxygen atoms in total. The first-order valence-corrected chi connectivity index (χ1v) is 9.99. The van der Waals surface area contributed by atoms with Gasteiger partial charge < -0.3 is 10.1 Å². The second-order valence-corrected chi connectivity index (χ2v) is 6.29. The van der Waals surface area contributed by atoms with Crippen LogP contribution >= 0.6 is 0 Å². The Morgan fingerprint density at radius 2 is 1.77 bits per heavy atom. The fourth-order valence-electron chi connectivity index (χ4n) is 3.14. The number of ether oxygens (including phenoxy) is 1. The van der Waals surface area contributed by atoms with Crippen LogP contribution in [0.1, 0.15) is 52.5 Å². The van der Waals surface area contributed by atoms with Crippen molar-refractivity contribution in [1.29, 1.82) is 0 Å². The average molecular weight is 357 g/mol. The SMILES string of the molecule is CC.CCC.CN=C(c1ccc2cc(OC)ccc2c1)C1CCCNC1. The van der Waals surface area contributed by atoms with E-state index in [0.717, 1.165) is 18.8 Å². The summed E-state index contributed by atoms with van der Waals surface area (Å²) < 4.78 is 5.28. The summed E-state index contributed by atoms with van der Waals surface area (Å²) in [6.45, 7) is 10.4. The summed E-state index contributed by atoms with van der Waals surface area (Å²) in [6, 6.07) is 12.8. The molecule has 0 spiro atoms. The van der Waals surface area contributed by atoms with Crippen LogP contribution in [0.4, 0.5) is 0 Å². The predicted octanol–water partition coefficient (Wildman–Crippen LogP) is 5.71. The molecule has 1 aliphatic rings. The van der Waals surface area contributed by atoms with Crippen molar-refractivity contribution >= 4 is 16.5 Å². The van der Waals surface area contributed by atoms with Crippen molar-refractivity contribution in [2.75, 3.05) is 27.2 Å². The van der Waals surface area contributed by atoms with Gasteiger partial charge in [0.1, 0.15) is 5.75 Å². The van der Waals surface area contributed by atoms with Gasteiger partial charge in [-0.2, -0.15) is 0 Å². The maximum Gasteiger partial charge on any atom is 0.119 e. The van der Waals surface area contributed by atoms with E-state index in [1.54, 1.807) is 7.11 Å². The van der Waals surface area contributed by atoms with Crippen LogP contribution in [0.2, 0.25) is 0 Å². The summed E-state index contributed by atoms with van der Waals surface area (Å²) in [7, 11) is 3.61. The van der Waals surface area contributed by atoms with Gasteiger partial charge in [-0.05, 0) is 53.9 Å². The number of hydrogen-bond acceptors (Lipinski definition) is 3. The van der Waals surface area contributed by atoms with Gasteiger partial charge in [0.2, 0.25) is 0 Å². The molecule has 1 N–H and O–H groups in total. The number of piperidine rings is 1. The summed E-state index contributed by atoms with van der Waals surface area (Å²) in [4.78, 5) is 4.57. The average Bonchev–Trinajstić information content (AvgIpc) is 2.71. The van der Waals surface area contributed by atoms with Gasteiger partial charge in [0.05, 0.1) is 7.11 Å². The molecular formula is C23H36N2O. The zero-order valence-corrected chi connectivity index (χ0v) is 17.4. The molecule has 0 radical (unpaired) electrons. The minimum absolute atomic E-state index is 0.527. The van der Waals surface area contributed by atoms with Crippen LogP contribution in [-0.4, -0.2) is 33.0 Å². The number of aliphatic imine (C=N–C) groups is 1. The van der Waals surface area contributed by atoms with Gasteiger partial charge in [0.25, 0.3) is 0 Å². The lowest BCUT2D eigenvalue weighted by Crippen LogP contribution is -2.34. The fraction of sp³-hybridized carbons (Fsp3) is 0.522. The molecule has 0 saturated carbocycles. The molecule has 2 aromatic carbocycles. The van der Waals surface area contributed by atoms with Crippen molar-refractivity contribution in [2.24, 2.45) is 10.9 Å². The van der Waals surface area contributed by atoms with Gasteiger partial charge in [0, 0.05) is 25.2 Å². The van der Waals surface area contributed by atoms with E-state index in [9.17, 15) is 0 Å². The Morgan fingerprint density at radius 3 is 2.35 bits per heavy atom. The highest BCUT2D eigenvalue weighted by Crippen LogP contribution is 2.24. The molecule has 1 heterocycles. The molecule has 144 valence electrons. The third-order valence-electron chi connectivity index (χ3n) is 4.27. The maximum atomic E-state index is 5.28. The van der Waals surface area contributed by atoms with E-state index in [2.05, 4.69) is 54.5 Å². The first-order chi connectivity index (χ1) is 12.7. The lowest BCUT2D eigenvalue weighted by molar-refractivity contribution is 0.415. The van der Waals surface area contributed by atoms with E-state index >= 15 is 0 Å². The van der Waals surface area contributed by atoms with E-state index in [1.807, 2.05) is 27.0 Å². The molecule has 0 aliphatic carbocycles. The van der Waals surface area contributed by atoms with Crippen LogP contribution in [0.25, 0.3) is 10.8 Å². The van der Waals surface area contributed by atoms with Crippen molar-refractivity contribution in [3.05, 3.63) is 42.0 Å². The number of nitrogens with one attached hydrogen (secondary N) is 1. The molecule has 3 heteroatoms. The number of fused-ring (bicyclic) bond motifs is 1. The normalized spacial score (nSPS) is 16.8. The summed E-state index contributed by atoms with van der Waals surface area (Å²) in [5, 5.41) is 5.91. The van der Waals surface area contributed by atoms with Crippen molar-refractivity contribution < 1.29 is 4.74 Å². The molecule has 0 bridgehead atoms. The Bertz CT molecular complexity index is 673. The van der Waals surface area contributed by atoms with Gasteiger partial charge in [0.15, 0.2) is 0 Å². The molecule has 1 saturated heterocycles. The highest BCUT2D eigenvalue weighted by Gasteiger charge is 2.20. The van der Waals surface area contributed by atoms with Crippen LogP contribution in [0.15, 0.2) is 41.4 Å². The third-order valence-corrected chi connectivity index (χ3v) is 4.27. The van der Waals surface area contributed by atoms with Gasteiger partial charge in [-0.3, -0.25) is 4.99 Å². The Morgan fingerprint density at radius 1 is 1.12 bits per heavy atom. The maximum absolute atomic E-state index is 5.28. The monoisotopic (exact) mass is 356 g/mol. The van der Waals surface area contributed by atoms with Crippen LogP contribution in [0.5, 0.6) is 5.75 Å². The van der Waals surface area contributed by atoms with Crippen LogP contribution in [-0.2, 0) is 0 Å². The molecule has 0 aromatic heterocycles. The quantitative estimate of drug-likeness (QED) is 0.715. The zero-order valence-electron chi connectivity index (χ0n) is 17.4. The molecule has 1 aliphatic heterocycles. The van der Waals surface area contributed by atoms with E-state index in [4.69, 9.17) is 4.74 Å². The second kappa shape index (κ2) is 12.5. The Labute approximate surface area is 159 Å². The van der Waals surface area contributed by atoms with Crippen molar-refractivity contribution in [3.63, 3.8) is 0 Å². The summed E-state index contributed by atoms with van der Waals surface area (Å²) in [5.74, 6) is 1.43. The van der Waals surface area contributed by atoms with E-state index in [-0.39, 0.29) is 0 Å². The molecule has 3 rings (SSSR count). The Kier molecular flexibility index (Phi) is 10.6. The van der Waals surface area contributed by atoms with Gasteiger partial charge in [-0.1, -0.05) is 52.3 Å². The largest absolute Gasteiger partial charge is 0.497 e. The molecule has 1 unspecified atom stereocenters. The summed E-state index contributed by atoms with van der Waals surface area (Å²) in [5.41, 5.74) is 2.46. The number of benzene rings is 2. The van der Waals surface area contributed by atoms with Crippen LogP contribution in [0, 0.1) is 5.92 Å². The molecule has 2 aromatic rings. The number of rotatable bonds is 3. The topological polar surface area (TPSA) is 33.6 Å². The standard InChI is InChI=1S/C18H22N2O.C3H8.C2H6/c1-19-18(16-4-3-9-20-12-16)15-6-5-14-11-17(21-2)8-7-13(14)10-15;1-3-2;1-2/h5-8,10-11,16,20H,3-4,9,12H2,1-2H3;3H2,1-2H3;1-2H3. The molecular weight excluding hydrogens is 320 g/mol. The van der Waals surface area contributed by atoms with Crippen LogP contribution in [0.3, 0.4) is 0 Å². The van der Waals surface area contributed by atoms with Crippen molar-refractivity contribution in [2.45, 2.75) is 47.0 Å².